The van der Waals surface area contributed by atoms with Crippen molar-refractivity contribution < 1.29 is 4.42 Å². The van der Waals surface area contributed by atoms with Crippen LogP contribution in [-0.2, 0) is 0 Å². The Morgan fingerprint density at radius 3 is 3.10 bits per heavy atom. The van der Waals surface area contributed by atoms with Crippen molar-refractivity contribution in [3.63, 3.8) is 0 Å². The quantitative estimate of drug-likeness (QED) is 0.576. The van der Waals surface area contributed by atoms with Gasteiger partial charge >= 0.3 is 0 Å². The van der Waals surface area contributed by atoms with Gasteiger partial charge in [0, 0.05) is 6.07 Å². The van der Waals surface area contributed by atoms with Gasteiger partial charge in [0.2, 0.25) is 5.43 Å². The molecule has 2 aromatic heterocycles. The van der Waals surface area contributed by atoms with E-state index in [4.69, 9.17) is 4.42 Å². The molecule has 0 radical (unpaired) electrons. The molecule has 0 aliphatic rings. The summed E-state index contributed by atoms with van der Waals surface area (Å²) in [6, 6.07) is 3.22. The Hall–Kier alpha value is -1.09. The fraction of sp³-hybridized carbons (Fsp3) is 0. The largest absolute Gasteiger partial charge is 0.463 e. The third-order valence-corrected chi connectivity index (χ3v) is 2.18. The van der Waals surface area contributed by atoms with E-state index in [1.165, 1.54) is 23.7 Å². The van der Waals surface area contributed by atoms with Crippen LogP contribution in [0, 0.1) is 0 Å². The molecule has 0 amide bonds. The molecule has 0 aliphatic heterocycles. The zero-order valence-electron chi connectivity index (χ0n) is 5.03. The van der Waals surface area contributed by atoms with Crippen LogP contribution in [0.4, 0.5) is 0 Å². The summed E-state index contributed by atoms with van der Waals surface area (Å²) in [5, 5.41) is 1.84. The number of hydrogen-bond acceptors (Lipinski definition) is 3. The van der Waals surface area contributed by atoms with Crippen LogP contribution in [0.3, 0.4) is 0 Å². The molecule has 0 spiro atoms. The second-order valence-electron chi connectivity index (χ2n) is 1.90. The molecule has 0 unspecified atom stereocenters. The summed E-state index contributed by atoms with van der Waals surface area (Å²) in [6.07, 6.45) is 1.41. The first-order valence-electron chi connectivity index (χ1n) is 2.83. The highest BCUT2D eigenvalue weighted by molar-refractivity contribution is 7.17. The second kappa shape index (κ2) is 1.95. The molecule has 2 heterocycles. The fourth-order valence-corrected chi connectivity index (χ4v) is 1.56. The van der Waals surface area contributed by atoms with Gasteiger partial charge in [0.05, 0.1) is 6.26 Å². The normalized spacial score (nSPS) is 10.4. The van der Waals surface area contributed by atoms with Gasteiger partial charge in [-0.25, -0.2) is 0 Å². The minimum absolute atomic E-state index is 0.0382. The number of thiophene rings is 1. The molecule has 3 heteroatoms. The Morgan fingerprint density at radius 2 is 2.30 bits per heavy atom. The lowest BCUT2D eigenvalue weighted by molar-refractivity contribution is 0.604. The van der Waals surface area contributed by atoms with Gasteiger partial charge in [-0.2, -0.15) is 0 Å². The average molecular weight is 152 g/mol. The zero-order chi connectivity index (χ0) is 6.97. The number of fused-ring (bicyclic) bond motifs is 1. The lowest BCUT2D eigenvalue weighted by Crippen LogP contribution is -1.93. The van der Waals surface area contributed by atoms with Gasteiger partial charge in [0.1, 0.15) is 10.3 Å². The molecule has 0 aliphatic carbocycles. The van der Waals surface area contributed by atoms with E-state index in [0.29, 0.717) is 10.3 Å². The minimum atomic E-state index is 0.0382. The predicted molar refractivity (Wildman–Crippen MR) is 40.4 cm³/mol. The monoisotopic (exact) mass is 152 g/mol. The van der Waals surface area contributed by atoms with Crippen LogP contribution in [0.15, 0.2) is 33.0 Å². The van der Waals surface area contributed by atoms with Crippen LogP contribution in [0.1, 0.15) is 0 Å². The van der Waals surface area contributed by atoms with E-state index in [9.17, 15) is 4.79 Å². The Balaban J connectivity index is 3.09. The molecule has 0 saturated carbocycles. The average Bonchev–Trinajstić information content (AvgIpc) is 2.36. The van der Waals surface area contributed by atoms with Gasteiger partial charge in [-0.05, 0) is 11.4 Å². The third kappa shape index (κ3) is 0.675. The van der Waals surface area contributed by atoms with Gasteiger partial charge in [-0.3, -0.25) is 4.79 Å². The maximum Gasteiger partial charge on any atom is 0.202 e. The van der Waals surface area contributed by atoms with Gasteiger partial charge in [0.15, 0.2) is 0 Å². The molecule has 0 saturated heterocycles. The van der Waals surface area contributed by atoms with Crippen molar-refractivity contribution in [2.45, 2.75) is 0 Å². The van der Waals surface area contributed by atoms with E-state index >= 15 is 0 Å². The van der Waals surface area contributed by atoms with E-state index < -0.39 is 0 Å². The van der Waals surface area contributed by atoms with Crippen molar-refractivity contribution in [3.8, 4) is 0 Å². The van der Waals surface area contributed by atoms with E-state index in [1.807, 2.05) is 5.38 Å². The second-order valence-corrected chi connectivity index (χ2v) is 2.81. The highest BCUT2D eigenvalue weighted by Gasteiger charge is 1.97. The van der Waals surface area contributed by atoms with Gasteiger partial charge in [0.25, 0.3) is 0 Å². The van der Waals surface area contributed by atoms with Gasteiger partial charge < -0.3 is 4.42 Å². The number of hydrogen-bond donors (Lipinski definition) is 0. The predicted octanol–water partition coefficient (Wildman–Crippen LogP) is 1.85. The van der Waals surface area contributed by atoms with Crippen LogP contribution in [-0.4, -0.2) is 0 Å². The molecule has 0 aromatic carbocycles. The first kappa shape index (κ1) is 5.68. The van der Waals surface area contributed by atoms with E-state index in [-0.39, 0.29) is 5.43 Å². The summed E-state index contributed by atoms with van der Waals surface area (Å²) >= 11 is 1.41. The van der Waals surface area contributed by atoms with Crippen molar-refractivity contribution in [1.82, 2.24) is 0 Å². The summed E-state index contributed by atoms with van der Waals surface area (Å²) in [6.45, 7) is 0. The highest BCUT2D eigenvalue weighted by atomic mass is 32.1. The smallest absolute Gasteiger partial charge is 0.202 e. The van der Waals surface area contributed by atoms with Crippen LogP contribution in [0.25, 0.3) is 10.3 Å². The molecule has 10 heavy (non-hydrogen) atoms. The van der Waals surface area contributed by atoms with Crippen LogP contribution in [0.2, 0.25) is 0 Å². The molecule has 2 aromatic rings. The summed E-state index contributed by atoms with van der Waals surface area (Å²) < 4.78 is 5.74. The SMILES string of the molecule is O=c1ccoc2ccsc12. The molecular weight excluding hydrogens is 148 g/mol. The van der Waals surface area contributed by atoms with Crippen molar-refractivity contribution in [2.24, 2.45) is 0 Å². The van der Waals surface area contributed by atoms with Crippen LogP contribution in [0.5, 0.6) is 0 Å². The molecule has 2 nitrogen and oxygen atoms in total. The molecule has 50 valence electrons. The van der Waals surface area contributed by atoms with Crippen molar-refractivity contribution >= 4 is 21.6 Å². The van der Waals surface area contributed by atoms with Crippen LogP contribution < -0.4 is 5.43 Å². The zero-order valence-corrected chi connectivity index (χ0v) is 5.85. The Morgan fingerprint density at radius 1 is 1.40 bits per heavy atom. The molecule has 0 atom stereocenters. The molecule has 0 fully saturated rings. The van der Waals surface area contributed by atoms with E-state index in [1.54, 1.807) is 6.07 Å². The first-order valence-corrected chi connectivity index (χ1v) is 3.71. The lowest BCUT2D eigenvalue weighted by Gasteiger charge is -1.82. The Bertz CT molecular complexity index is 399. The fourth-order valence-electron chi connectivity index (χ4n) is 0.815. The summed E-state index contributed by atoms with van der Waals surface area (Å²) in [4.78, 5) is 11.0. The Kier molecular flexibility index (Phi) is 1.11. The maximum atomic E-state index is 11.0. The summed E-state index contributed by atoms with van der Waals surface area (Å²) in [7, 11) is 0. The van der Waals surface area contributed by atoms with E-state index in [0.717, 1.165) is 0 Å². The summed E-state index contributed by atoms with van der Waals surface area (Å²) in [5.74, 6) is 0. The van der Waals surface area contributed by atoms with E-state index in [2.05, 4.69) is 0 Å². The Labute approximate surface area is 60.7 Å². The standard InChI is InChI=1S/C7H4O2S/c8-5-1-3-9-6-2-4-10-7(5)6/h1-4H. The van der Waals surface area contributed by atoms with Crippen molar-refractivity contribution in [1.29, 1.82) is 0 Å². The third-order valence-electron chi connectivity index (χ3n) is 1.27. The van der Waals surface area contributed by atoms with Gasteiger partial charge in [-0.1, -0.05) is 0 Å². The molecular formula is C7H4O2S. The maximum absolute atomic E-state index is 11.0. The van der Waals surface area contributed by atoms with Crippen molar-refractivity contribution in [2.75, 3.05) is 0 Å². The minimum Gasteiger partial charge on any atom is -0.463 e. The topological polar surface area (TPSA) is 30.2 Å². The molecule has 0 bridgehead atoms. The van der Waals surface area contributed by atoms with Crippen LogP contribution >= 0.6 is 11.3 Å². The molecule has 2 rings (SSSR count). The van der Waals surface area contributed by atoms with Crippen molar-refractivity contribution in [3.05, 3.63) is 34.0 Å². The number of rotatable bonds is 0. The lowest BCUT2D eigenvalue weighted by atomic mass is 10.4. The highest BCUT2D eigenvalue weighted by Crippen LogP contribution is 2.14. The summed E-state index contributed by atoms with van der Waals surface area (Å²) in [5.41, 5.74) is 0.716. The first-order chi connectivity index (χ1) is 4.88. The molecule has 0 N–H and O–H groups in total. The van der Waals surface area contributed by atoms with Gasteiger partial charge in [-0.15, -0.1) is 11.3 Å².